The summed E-state index contributed by atoms with van der Waals surface area (Å²) >= 11 is 0. The molecule has 0 aromatic carbocycles. The van der Waals surface area contributed by atoms with E-state index in [2.05, 4.69) is 9.68 Å². The maximum Gasteiger partial charge on any atom is 0.123 e. The number of nitrogens with zero attached hydrogens (tertiary/aromatic N) is 1. The zero-order valence-electron chi connectivity index (χ0n) is 3.51. The first kappa shape index (κ1) is 3.61. The second kappa shape index (κ2) is 1.26. The molecule has 0 saturated carbocycles. The van der Waals surface area contributed by atoms with E-state index in [4.69, 9.17) is 0 Å². The van der Waals surface area contributed by atoms with Crippen LogP contribution in [-0.2, 0) is 0 Å². The first-order chi connectivity index (χ1) is 2.89. The van der Waals surface area contributed by atoms with Crippen molar-refractivity contribution < 1.29 is 4.52 Å². The molecular weight excluding hydrogens is 94.1 g/mol. The van der Waals surface area contributed by atoms with Gasteiger partial charge in [-0.15, -0.1) is 0 Å². The van der Waals surface area contributed by atoms with Crippen LogP contribution in [0.2, 0.25) is 0 Å². The predicted molar refractivity (Wildman–Crippen MR) is 26.1 cm³/mol. The van der Waals surface area contributed by atoms with E-state index in [1.807, 2.05) is 6.07 Å². The number of aromatic nitrogens is 1. The molecule has 6 heavy (non-hydrogen) atoms. The van der Waals surface area contributed by atoms with Crippen molar-refractivity contribution >= 4 is 15.6 Å². The molecule has 0 saturated heterocycles. The molecule has 0 aliphatic rings. The van der Waals surface area contributed by atoms with E-state index in [0.29, 0.717) is 0 Å². The molecule has 0 aliphatic carbocycles. The van der Waals surface area contributed by atoms with Crippen LogP contribution in [0.4, 0.5) is 0 Å². The summed E-state index contributed by atoms with van der Waals surface area (Å²) in [4.78, 5) is 0. The van der Waals surface area contributed by atoms with Gasteiger partial charge in [0.25, 0.3) is 0 Å². The smallest absolute Gasteiger partial charge is 0.123 e. The average Bonchev–Trinajstić information content (AvgIpc) is 1.86. The van der Waals surface area contributed by atoms with E-state index in [1.165, 1.54) is 0 Å². The number of rotatable bonds is 0. The van der Waals surface area contributed by atoms with Crippen LogP contribution in [0.1, 0.15) is 0 Å². The summed E-state index contributed by atoms with van der Waals surface area (Å²) < 4.78 is 4.50. The fraction of sp³-hybridized carbons (Fsp3) is 0. The maximum absolute atomic E-state index is 4.50. The molecule has 0 radical (unpaired) electrons. The molecule has 0 fully saturated rings. The van der Waals surface area contributed by atoms with Crippen molar-refractivity contribution in [2.45, 2.75) is 0 Å². The Hall–Kier alpha value is -0.573. The Balaban J connectivity index is 3.05. The Morgan fingerprint density at radius 2 is 2.67 bits per heavy atom. The molecule has 0 bridgehead atoms. The Labute approximate surface area is 38.6 Å². The van der Waals surface area contributed by atoms with Gasteiger partial charge in [0.1, 0.15) is 6.26 Å². The minimum absolute atomic E-state index is 0.991. The highest BCUT2D eigenvalue weighted by Crippen LogP contribution is 1.68. The highest BCUT2D eigenvalue weighted by atomic mass is 28.1. The van der Waals surface area contributed by atoms with E-state index in [1.54, 1.807) is 6.26 Å². The fourth-order valence-electron chi connectivity index (χ4n) is 0.273. The first-order valence-electron chi connectivity index (χ1n) is 1.76. The van der Waals surface area contributed by atoms with Crippen LogP contribution in [0, 0.1) is 0 Å². The normalized spacial score (nSPS) is 9.33. The van der Waals surface area contributed by atoms with E-state index < -0.39 is 0 Å². The number of hydrogen-bond acceptors (Lipinski definition) is 2. The van der Waals surface area contributed by atoms with Crippen LogP contribution < -0.4 is 5.32 Å². The van der Waals surface area contributed by atoms with Crippen LogP contribution in [-0.4, -0.2) is 15.4 Å². The summed E-state index contributed by atoms with van der Waals surface area (Å²) in [7, 11) is 0.991. The Kier molecular flexibility index (Phi) is 0.758. The molecule has 0 spiro atoms. The summed E-state index contributed by atoms with van der Waals surface area (Å²) in [5, 5.41) is 4.67. The zero-order chi connectivity index (χ0) is 4.41. The second-order valence-electron chi connectivity index (χ2n) is 1.14. The predicted octanol–water partition coefficient (Wildman–Crippen LogP) is -1.33. The van der Waals surface area contributed by atoms with Gasteiger partial charge in [0.2, 0.25) is 0 Å². The molecule has 3 heteroatoms. The lowest BCUT2D eigenvalue weighted by atomic mass is 10.8. The Morgan fingerprint density at radius 1 is 1.83 bits per heavy atom. The standard InChI is InChI=1S/C3H5NOSi/c6-3-1-2-5-4-3/h1-2H,6H3. The van der Waals surface area contributed by atoms with Crippen molar-refractivity contribution in [3.8, 4) is 0 Å². The third kappa shape index (κ3) is 0.489. The van der Waals surface area contributed by atoms with Crippen LogP contribution >= 0.6 is 0 Å². The highest BCUT2D eigenvalue weighted by Gasteiger charge is 1.77. The highest BCUT2D eigenvalue weighted by molar-refractivity contribution is 6.30. The minimum atomic E-state index is 0.991. The molecule has 1 rings (SSSR count). The third-order valence-corrected chi connectivity index (χ3v) is 1.08. The fourth-order valence-corrected chi connectivity index (χ4v) is 0.514. The van der Waals surface area contributed by atoms with Crippen molar-refractivity contribution in [1.29, 1.82) is 0 Å². The van der Waals surface area contributed by atoms with E-state index in [-0.39, 0.29) is 0 Å². The molecule has 0 amide bonds. The lowest BCUT2D eigenvalue weighted by molar-refractivity contribution is 0.425. The van der Waals surface area contributed by atoms with Gasteiger partial charge in [0, 0.05) is 0 Å². The largest absolute Gasteiger partial charge is 0.365 e. The third-order valence-electron chi connectivity index (χ3n) is 0.567. The van der Waals surface area contributed by atoms with Crippen molar-refractivity contribution in [2.75, 3.05) is 0 Å². The van der Waals surface area contributed by atoms with Crippen molar-refractivity contribution in [1.82, 2.24) is 5.16 Å². The molecule has 1 heterocycles. The summed E-state index contributed by atoms with van der Waals surface area (Å²) in [6, 6.07) is 1.87. The maximum atomic E-state index is 4.50. The summed E-state index contributed by atoms with van der Waals surface area (Å²) in [6.45, 7) is 0. The second-order valence-corrected chi connectivity index (χ2v) is 2.17. The molecule has 1 aromatic heterocycles. The molecule has 0 N–H and O–H groups in total. The topological polar surface area (TPSA) is 26.0 Å². The SMILES string of the molecule is [SiH3]c1ccon1. The summed E-state index contributed by atoms with van der Waals surface area (Å²) in [6.07, 6.45) is 1.59. The van der Waals surface area contributed by atoms with Crippen LogP contribution in [0.5, 0.6) is 0 Å². The monoisotopic (exact) mass is 99.0 g/mol. The van der Waals surface area contributed by atoms with Crippen LogP contribution in [0.3, 0.4) is 0 Å². The van der Waals surface area contributed by atoms with E-state index >= 15 is 0 Å². The zero-order valence-corrected chi connectivity index (χ0v) is 5.51. The molecule has 0 atom stereocenters. The lowest BCUT2D eigenvalue weighted by Crippen LogP contribution is -1.98. The van der Waals surface area contributed by atoms with Crippen LogP contribution in [0.25, 0.3) is 0 Å². The van der Waals surface area contributed by atoms with Crippen molar-refractivity contribution in [2.24, 2.45) is 0 Å². The quantitative estimate of drug-likeness (QED) is 0.376. The van der Waals surface area contributed by atoms with Gasteiger partial charge in [0.15, 0.2) is 0 Å². The van der Waals surface area contributed by atoms with Gasteiger partial charge < -0.3 is 4.52 Å². The summed E-state index contributed by atoms with van der Waals surface area (Å²) in [5.41, 5.74) is 0. The van der Waals surface area contributed by atoms with Gasteiger partial charge in [-0.25, -0.2) is 0 Å². The van der Waals surface area contributed by atoms with Gasteiger partial charge >= 0.3 is 0 Å². The Bertz CT molecular complexity index is 114. The lowest BCUT2D eigenvalue weighted by Gasteiger charge is -1.62. The Morgan fingerprint density at radius 3 is 2.83 bits per heavy atom. The van der Waals surface area contributed by atoms with Crippen molar-refractivity contribution in [3.63, 3.8) is 0 Å². The van der Waals surface area contributed by atoms with Gasteiger partial charge in [-0.05, 0) is 6.07 Å². The van der Waals surface area contributed by atoms with E-state index in [9.17, 15) is 0 Å². The molecule has 1 aromatic rings. The minimum Gasteiger partial charge on any atom is -0.365 e. The number of hydrogen-bond donors (Lipinski definition) is 0. The van der Waals surface area contributed by atoms with Gasteiger partial charge in [-0.2, -0.15) is 0 Å². The first-order valence-corrected chi connectivity index (χ1v) is 2.76. The molecular formula is C3H5NOSi. The molecule has 0 unspecified atom stereocenters. The van der Waals surface area contributed by atoms with E-state index in [0.717, 1.165) is 15.6 Å². The van der Waals surface area contributed by atoms with Gasteiger partial charge in [0.05, 0.1) is 15.6 Å². The molecule has 2 nitrogen and oxygen atoms in total. The van der Waals surface area contributed by atoms with Gasteiger partial charge in [-0.1, -0.05) is 5.16 Å². The molecule has 0 aliphatic heterocycles. The molecule has 32 valence electrons. The van der Waals surface area contributed by atoms with Crippen molar-refractivity contribution in [3.05, 3.63) is 12.3 Å². The van der Waals surface area contributed by atoms with Crippen LogP contribution in [0.15, 0.2) is 16.9 Å². The average molecular weight is 99.2 g/mol. The van der Waals surface area contributed by atoms with Gasteiger partial charge in [-0.3, -0.25) is 0 Å². The summed E-state index contributed by atoms with van der Waals surface area (Å²) in [5.74, 6) is 0.